The SMILES string of the molecule is CCN(c1cccc(C)c1)S(=O)(=O)c1cc(-c2ccc(=O)[nH]n2)ccc1C. The van der Waals surface area contributed by atoms with Crippen molar-refractivity contribution in [3.8, 4) is 11.3 Å². The van der Waals surface area contributed by atoms with Crippen molar-refractivity contribution >= 4 is 15.7 Å². The summed E-state index contributed by atoms with van der Waals surface area (Å²) in [6.07, 6.45) is 0. The van der Waals surface area contributed by atoms with Gasteiger partial charge in [0.25, 0.3) is 15.6 Å². The summed E-state index contributed by atoms with van der Waals surface area (Å²) >= 11 is 0. The van der Waals surface area contributed by atoms with Crippen molar-refractivity contribution in [3.63, 3.8) is 0 Å². The van der Waals surface area contributed by atoms with Crippen molar-refractivity contribution in [2.45, 2.75) is 25.7 Å². The molecule has 2 aromatic carbocycles. The Bertz CT molecular complexity index is 1120. The number of H-pyrrole nitrogens is 1. The number of nitrogens with one attached hydrogen (secondary N) is 1. The number of aromatic nitrogens is 2. The smallest absolute Gasteiger partial charge is 0.264 e. The van der Waals surface area contributed by atoms with E-state index in [0.717, 1.165) is 5.56 Å². The van der Waals surface area contributed by atoms with Crippen LogP contribution in [0.15, 0.2) is 64.3 Å². The zero-order valence-electron chi connectivity index (χ0n) is 15.4. The average Bonchev–Trinajstić information content (AvgIpc) is 2.63. The summed E-state index contributed by atoms with van der Waals surface area (Å²) in [6.45, 7) is 5.81. The summed E-state index contributed by atoms with van der Waals surface area (Å²) < 4.78 is 28.2. The van der Waals surface area contributed by atoms with Gasteiger partial charge in [0.1, 0.15) is 0 Å². The molecule has 0 amide bonds. The minimum atomic E-state index is -3.76. The highest BCUT2D eigenvalue weighted by Crippen LogP contribution is 2.29. The van der Waals surface area contributed by atoms with Gasteiger partial charge < -0.3 is 0 Å². The third-order valence-electron chi connectivity index (χ3n) is 4.31. The Hall–Kier alpha value is -2.93. The Kier molecular flexibility index (Phi) is 5.14. The largest absolute Gasteiger partial charge is 0.268 e. The molecule has 0 saturated carbocycles. The minimum Gasteiger partial charge on any atom is -0.268 e. The Morgan fingerprint density at radius 1 is 1.04 bits per heavy atom. The van der Waals surface area contributed by atoms with Gasteiger partial charge in [-0.2, -0.15) is 5.10 Å². The van der Waals surface area contributed by atoms with Crippen LogP contribution in [0.4, 0.5) is 5.69 Å². The second-order valence-corrected chi connectivity index (χ2v) is 8.13. The van der Waals surface area contributed by atoms with Gasteiger partial charge in [-0.15, -0.1) is 0 Å². The van der Waals surface area contributed by atoms with Crippen LogP contribution < -0.4 is 9.86 Å². The molecule has 0 aliphatic carbocycles. The molecule has 140 valence electrons. The van der Waals surface area contributed by atoms with E-state index in [1.807, 2.05) is 32.0 Å². The molecule has 0 fully saturated rings. The Balaban J connectivity index is 2.11. The van der Waals surface area contributed by atoms with Crippen LogP contribution in [0.3, 0.4) is 0 Å². The summed E-state index contributed by atoms with van der Waals surface area (Å²) in [6, 6.07) is 15.5. The molecule has 1 N–H and O–H groups in total. The third-order valence-corrected chi connectivity index (χ3v) is 6.35. The predicted molar refractivity (Wildman–Crippen MR) is 106 cm³/mol. The van der Waals surface area contributed by atoms with Crippen molar-refractivity contribution < 1.29 is 8.42 Å². The van der Waals surface area contributed by atoms with Crippen molar-refractivity contribution in [1.29, 1.82) is 0 Å². The van der Waals surface area contributed by atoms with Crippen LogP contribution in [-0.2, 0) is 10.0 Å². The molecule has 27 heavy (non-hydrogen) atoms. The molecule has 0 radical (unpaired) electrons. The molecule has 0 atom stereocenters. The second kappa shape index (κ2) is 7.36. The standard InChI is InChI=1S/C20H21N3O3S/c1-4-23(17-7-5-6-14(2)12-17)27(25,26)19-13-16(9-8-15(19)3)18-10-11-20(24)22-21-18/h5-13H,4H2,1-3H3,(H,22,24). The molecule has 6 nitrogen and oxygen atoms in total. The molecular formula is C20H21N3O3S. The van der Waals surface area contributed by atoms with Crippen molar-refractivity contribution in [2.75, 3.05) is 10.8 Å². The summed E-state index contributed by atoms with van der Waals surface area (Å²) in [7, 11) is -3.76. The summed E-state index contributed by atoms with van der Waals surface area (Å²) in [5, 5.41) is 6.36. The van der Waals surface area contributed by atoms with Gasteiger partial charge in [-0.05, 0) is 56.2 Å². The number of hydrogen-bond acceptors (Lipinski definition) is 4. The van der Waals surface area contributed by atoms with Gasteiger partial charge in [0.05, 0.1) is 16.3 Å². The van der Waals surface area contributed by atoms with E-state index in [1.54, 1.807) is 37.3 Å². The molecule has 3 rings (SSSR count). The van der Waals surface area contributed by atoms with Gasteiger partial charge in [0.15, 0.2) is 0 Å². The number of rotatable bonds is 5. The van der Waals surface area contributed by atoms with E-state index in [-0.39, 0.29) is 10.5 Å². The fourth-order valence-corrected chi connectivity index (χ4v) is 4.65. The van der Waals surface area contributed by atoms with Crippen LogP contribution >= 0.6 is 0 Å². The highest BCUT2D eigenvalue weighted by atomic mass is 32.2. The number of hydrogen-bond donors (Lipinski definition) is 1. The van der Waals surface area contributed by atoms with E-state index in [2.05, 4.69) is 10.2 Å². The predicted octanol–water partition coefficient (Wildman–Crippen LogP) is 3.27. The number of nitrogens with zero attached hydrogens (tertiary/aromatic N) is 2. The zero-order chi connectivity index (χ0) is 19.6. The molecule has 0 saturated heterocycles. The van der Waals surface area contributed by atoms with E-state index in [0.29, 0.717) is 29.1 Å². The molecule has 1 aromatic heterocycles. The lowest BCUT2D eigenvalue weighted by Crippen LogP contribution is -2.31. The molecule has 0 aliphatic heterocycles. The number of sulfonamides is 1. The minimum absolute atomic E-state index is 0.219. The average molecular weight is 383 g/mol. The van der Waals surface area contributed by atoms with Crippen LogP contribution in [0.25, 0.3) is 11.3 Å². The third kappa shape index (κ3) is 3.78. The van der Waals surface area contributed by atoms with Crippen LogP contribution in [0.1, 0.15) is 18.1 Å². The molecule has 0 spiro atoms. The van der Waals surface area contributed by atoms with Gasteiger partial charge in [-0.25, -0.2) is 13.5 Å². The first kappa shape index (κ1) is 18.8. The zero-order valence-corrected chi connectivity index (χ0v) is 16.2. The topological polar surface area (TPSA) is 83.1 Å². The highest BCUT2D eigenvalue weighted by Gasteiger charge is 2.26. The lowest BCUT2D eigenvalue weighted by molar-refractivity contribution is 0.591. The number of aromatic amines is 1. The Labute approximate surface area is 158 Å². The van der Waals surface area contributed by atoms with E-state index in [1.165, 1.54) is 10.4 Å². The van der Waals surface area contributed by atoms with Crippen LogP contribution in [0.5, 0.6) is 0 Å². The second-order valence-electron chi connectivity index (χ2n) is 6.30. The van der Waals surface area contributed by atoms with E-state index < -0.39 is 10.0 Å². The first-order chi connectivity index (χ1) is 12.8. The Morgan fingerprint density at radius 3 is 2.44 bits per heavy atom. The first-order valence-corrected chi connectivity index (χ1v) is 10.0. The van der Waals surface area contributed by atoms with Crippen molar-refractivity contribution in [3.05, 3.63) is 76.1 Å². The van der Waals surface area contributed by atoms with Gasteiger partial charge in [0, 0.05) is 18.2 Å². The number of aryl methyl sites for hydroxylation is 2. The van der Waals surface area contributed by atoms with Gasteiger partial charge in [-0.1, -0.05) is 24.3 Å². The van der Waals surface area contributed by atoms with Gasteiger partial charge in [0.2, 0.25) is 0 Å². The molecule has 0 unspecified atom stereocenters. The molecule has 0 aliphatic rings. The molecular weight excluding hydrogens is 362 g/mol. The van der Waals surface area contributed by atoms with E-state index in [4.69, 9.17) is 0 Å². The lowest BCUT2D eigenvalue weighted by Gasteiger charge is -2.24. The molecule has 1 heterocycles. The summed E-state index contributed by atoms with van der Waals surface area (Å²) in [5.41, 5.74) is 3.08. The molecule has 3 aromatic rings. The number of benzene rings is 2. The molecule has 0 bridgehead atoms. The summed E-state index contributed by atoms with van der Waals surface area (Å²) in [5.74, 6) is 0. The van der Waals surface area contributed by atoms with Crippen LogP contribution in [-0.4, -0.2) is 25.2 Å². The molecule has 7 heteroatoms. The highest BCUT2D eigenvalue weighted by molar-refractivity contribution is 7.92. The van der Waals surface area contributed by atoms with Crippen molar-refractivity contribution in [1.82, 2.24) is 10.2 Å². The monoisotopic (exact) mass is 383 g/mol. The van der Waals surface area contributed by atoms with E-state index in [9.17, 15) is 13.2 Å². The van der Waals surface area contributed by atoms with Gasteiger partial charge in [-0.3, -0.25) is 9.10 Å². The van der Waals surface area contributed by atoms with Crippen molar-refractivity contribution in [2.24, 2.45) is 0 Å². The normalized spacial score (nSPS) is 11.4. The van der Waals surface area contributed by atoms with Crippen LogP contribution in [0, 0.1) is 13.8 Å². The maximum Gasteiger partial charge on any atom is 0.264 e. The van der Waals surface area contributed by atoms with Crippen LogP contribution in [0.2, 0.25) is 0 Å². The fraction of sp³-hybridized carbons (Fsp3) is 0.200. The maximum absolute atomic E-state index is 13.4. The van der Waals surface area contributed by atoms with E-state index >= 15 is 0 Å². The first-order valence-electron chi connectivity index (χ1n) is 8.59. The summed E-state index contributed by atoms with van der Waals surface area (Å²) in [4.78, 5) is 11.4. The maximum atomic E-state index is 13.4. The number of anilines is 1. The van der Waals surface area contributed by atoms with Gasteiger partial charge >= 0.3 is 0 Å². The fourth-order valence-electron chi connectivity index (χ4n) is 2.94. The Morgan fingerprint density at radius 2 is 1.81 bits per heavy atom. The lowest BCUT2D eigenvalue weighted by atomic mass is 10.1. The quantitative estimate of drug-likeness (QED) is 0.733.